The van der Waals surface area contributed by atoms with Crippen LogP contribution < -0.4 is 10.5 Å². The van der Waals surface area contributed by atoms with Crippen LogP contribution in [0.3, 0.4) is 0 Å². The summed E-state index contributed by atoms with van der Waals surface area (Å²) < 4.78 is 11.0. The maximum Gasteiger partial charge on any atom is 0.243 e. The van der Waals surface area contributed by atoms with Gasteiger partial charge in [0.25, 0.3) is 0 Å². The minimum atomic E-state index is -0.209. The van der Waals surface area contributed by atoms with Crippen molar-refractivity contribution < 1.29 is 9.26 Å². The minimum absolute atomic E-state index is 0.0350. The second-order valence-electron chi connectivity index (χ2n) is 5.30. The predicted octanol–water partition coefficient (Wildman–Crippen LogP) is 2.64. The van der Waals surface area contributed by atoms with Crippen LogP contribution in [-0.2, 0) is 0 Å². The van der Waals surface area contributed by atoms with Gasteiger partial charge in [0, 0.05) is 5.56 Å². The average molecular weight is 273 g/mol. The van der Waals surface area contributed by atoms with E-state index in [0.29, 0.717) is 24.2 Å². The fourth-order valence-corrected chi connectivity index (χ4v) is 2.40. The van der Waals surface area contributed by atoms with Gasteiger partial charge in [-0.3, -0.25) is 0 Å². The van der Waals surface area contributed by atoms with Crippen molar-refractivity contribution in [2.24, 2.45) is 11.7 Å². The van der Waals surface area contributed by atoms with E-state index in [1.165, 1.54) is 0 Å². The Labute approximate surface area is 118 Å². The lowest BCUT2D eigenvalue weighted by molar-refractivity contribution is 0.306. The van der Waals surface area contributed by atoms with Crippen molar-refractivity contribution in [3.8, 4) is 5.75 Å². The van der Waals surface area contributed by atoms with Crippen LogP contribution in [0.5, 0.6) is 5.75 Å². The van der Waals surface area contributed by atoms with E-state index < -0.39 is 0 Å². The maximum absolute atomic E-state index is 6.13. The van der Waals surface area contributed by atoms with Gasteiger partial charge in [0.2, 0.25) is 5.89 Å². The summed E-state index contributed by atoms with van der Waals surface area (Å²) in [5.41, 5.74) is 7.24. The van der Waals surface area contributed by atoms with Crippen LogP contribution in [0.4, 0.5) is 0 Å². The highest BCUT2D eigenvalue weighted by atomic mass is 16.5. The van der Waals surface area contributed by atoms with Gasteiger partial charge in [-0.15, -0.1) is 0 Å². The van der Waals surface area contributed by atoms with Gasteiger partial charge >= 0.3 is 0 Å². The van der Waals surface area contributed by atoms with Gasteiger partial charge in [-0.1, -0.05) is 43.6 Å². The van der Waals surface area contributed by atoms with Crippen LogP contribution in [0.15, 0.2) is 28.8 Å². The summed E-state index contributed by atoms with van der Waals surface area (Å²) in [6.07, 6.45) is 0.980. The normalized spacial score (nSPS) is 20.2. The molecule has 2 N–H and O–H groups in total. The Morgan fingerprint density at radius 3 is 3.00 bits per heavy atom. The predicted molar refractivity (Wildman–Crippen MR) is 74.5 cm³/mol. The zero-order valence-electron chi connectivity index (χ0n) is 11.7. The first-order valence-electron chi connectivity index (χ1n) is 7.01. The largest absolute Gasteiger partial charge is 0.492 e. The van der Waals surface area contributed by atoms with E-state index in [2.05, 4.69) is 24.0 Å². The number of para-hydroxylation sites is 1. The Morgan fingerprint density at radius 2 is 2.20 bits per heavy atom. The topological polar surface area (TPSA) is 74.2 Å². The van der Waals surface area contributed by atoms with Crippen molar-refractivity contribution in [3.05, 3.63) is 41.5 Å². The molecule has 5 heteroatoms. The lowest BCUT2D eigenvalue weighted by Gasteiger charge is -2.13. The van der Waals surface area contributed by atoms with E-state index in [1.54, 1.807) is 0 Å². The summed E-state index contributed by atoms with van der Waals surface area (Å²) >= 11 is 0. The molecule has 1 aliphatic heterocycles. The third-order valence-electron chi connectivity index (χ3n) is 4.01. The Hall–Kier alpha value is -1.88. The molecule has 0 saturated carbocycles. The van der Waals surface area contributed by atoms with Crippen LogP contribution in [0, 0.1) is 5.92 Å². The second-order valence-corrected chi connectivity index (χ2v) is 5.30. The summed E-state index contributed by atoms with van der Waals surface area (Å²) in [4.78, 5) is 4.48. The maximum atomic E-state index is 6.13. The average Bonchev–Trinajstić information content (AvgIpc) is 3.11. The Kier molecular flexibility index (Phi) is 3.44. The highest BCUT2D eigenvalue weighted by Gasteiger charge is 2.30. The Morgan fingerprint density at radius 1 is 1.40 bits per heavy atom. The number of fused-ring (bicyclic) bond motifs is 1. The van der Waals surface area contributed by atoms with Crippen LogP contribution in [-0.4, -0.2) is 16.7 Å². The molecule has 106 valence electrons. The lowest BCUT2D eigenvalue weighted by Crippen LogP contribution is -2.19. The van der Waals surface area contributed by atoms with E-state index in [9.17, 15) is 0 Å². The highest BCUT2D eigenvalue weighted by Crippen LogP contribution is 2.37. The smallest absolute Gasteiger partial charge is 0.243 e. The molecular formula is C15H19N3O2. The van der Waals surface area contributed by atoms with Gasteiger partial charge in [-0.2, -0.15) is 4.98 Å². The van der Waals surface area contributed by atoms with Crippen LogP contribution in [0.1, 0.15) is 49.5 Å². The molecule has 0 amide bonds. The number of hydrogen-bond acceptors (Lipinski definition) is 5. The van der Waals surface area contributed by atoms with Gasteiger partial charge in [0.05, 0.1) is 12.0 Å². The van der Waals surface area contributed by atoms with Gasteiger partial charge in [-0.25, -0.2) is 0 Å². The van der Waals surface area contributed by atoms with E-state index >= 15 is 0 Å². The van der Waals surface area contributed by atoms with Crippen molar-refractivity contribution in [2.45, 2.75) is 32.2 Å². The number of nitrogens with two attached hydrogens (primary N) is 1. The van der Waals surface area contributed by atoms with Gasteiger partial charge in [0.1, 0.15) is 12.4 Å². The summed E-state index contributed by atoms with van der Waals surface area (Å²) in [7, 11) is 0. The van der Waals surface area contributed by atoms with Crippen LogP contribution in [0.2, 0.25) is 0 Å². The Balaban J connectivity index is 1.85. The summed E-state index contributed by atoms with van der Waals surface area (Å²) in [5, 5.41) is 4.09. The molecule has 20 heavy (non-hydrogen) atoms. The number of hydrogen-bond donors (Lipinski definition) is 1. The van der Waals surface area contributed by atoms with Crippen LogP contribution in [0.25, 0.3) is 0 Å². The molecule has 0 bridgehead atoms. The number of ether oxygens (including phenoxy) is 1. The first-order valence-corrected chi connectivity index (χ1v) is 7.01. The monoisotopic (exact) mass is 273 g/mol. The zero-order valence-corrected chi connectivity index (χ0v) is 11.7. The number of nitrogens with zero attached hydrogens (tertiary/aromatic N) is 2. The molecule has 1 aliphatic rings. The van der Waals surface area contributed by atoms with Crippen molar-refractivity contribution in [1.29, 1.82) is 0 Å². The molecule has 2 heterocycles. The molecule has 1 aromatic carbocycles. The van der Waals surface area contributed by atoms with Gasteiger partial charge in [0.15, 0.2) is 5.82 Å². The second kappa shape index (κ2) is 5.25. The summed E-state index contributed by atoms with van der Waals surface area (Å²) in [6, 6.07) is 7.74. The number of rotatable bonds is 4. The molecule has 0 saturated heterocycles. The van der Waals surface area contributed by atoms with Crippen molar-refractivity contribution in [2.75, 3.05) is 6.61 Å². The molecule has 0 radical (unpaired) electrons. The van der Waals surface area contributed by atoms with Crippen LogP contribution >= 0.6 is 0 Å². The van der Waals surface area contributed by atoms with Crippen molar-refractivity contribution in [3.63, 3.8) is 0 Å². The summed E-state index contributed by atoms with van der Waals surface area (Å²) in [5.74, 6) is 2.42. The molecule has 1 aromatic heterocycles. The minimum Gasteiger partial charge on any atom is -0.492 e. The molecular weight excluding hydrogens is 254 g/mol. The highest BCUT2D eigenvalue weighted by molar-refractivity contribution is 5.42. The molecule has 3 rings (SSSR count). The molecule has 0 fully saturated rings. The third-order valence-corrected chi connectivity index (χ3v) is 4.01. The zero-order chi connectivity index (χ0) is 14.1. The van der Waals surface area contributed by atoms with E-state index in [0.717, 1.165) is 17.7 Å². The molecule has 3 atom stereocenters. The fourth-order valence-electron chi connectivity index (χ4n) is 2.40. The van der Waals surface area contributed by atoms with Gasteiger partial charge < -0.3 is 15.0 Å². The first kappa shape index (κ1) is 13.1. The summed E-state index contributed by atoms with van der Waals surface area (Å²) in [6.45, 7) is 4.74. The third kappa shape index (κ3) is 2.18. The number of benzene rings is 1. The number of aromatic nitrogens is 2. The molecule has 5 nitrogen and oxygen atoms in total. The molecule has 0 spiro atoms. The fraction of sp³-hybridized carbons (Fsp3) is 0.467. The van der Waals surface area contributed by atoms with E-state index in [1.807, 2.05) is 24.3 Å². The van der Waals surface area contributed by atoms with Crippen molar-refractivity contribution >= 4 is 0 Å². The quantitative estimate of drug-likeness (QED) is 0.927. The first-order chi connectivity index (χ1) is 9.70. The van der Waals surface area contributed by atoms with E-state index in [4.69, 9.17) is 15.0 Å². The van der Waals surface area contributed by atoms with E-state index in [-0.39, 0.29) is 12.0 Å². The molecule has 2 aromatic rings. The lowest BCUT2D eigenvalue weighted by atomic mass is 9.99. The molecule has 0 aliphatic carbocycles. The Bertz CT molecular complexity index is 596. The molecule has 2 unspecified atom stereocenters. The van der Waals surface area contributed by atoms with Crippen molar-refractivity contribution in [1.82, 2.24) is 10.1 Å². The SMILES string of the molecule is CCC(C)[C@H](N)c1nc(C2COc3ccccc32)no1. The standard InChI is InChI=1S/C15H19N3O2/c1-3-9(2)13(16)15-17-14(18-20-15)11-8-19-12-7-5-4-6-10(11)12/h4-7,9,11,13H,3,8,16H2,1-2H3/t9?,11?,13-/m0/s1. The van der Waals surface area contributed by atoms with Gasteiger partial charge in [-0.05, 0) is 12.0 Å².